The Balaban J connectivity index is 1.71. The average Bonchev–Trinajstić information content (AvgIpc) is 2.49. The molecular formula is C17H20NO+. The Hall–Kier alpha value is -1.90. The number of aliphatic hydroxyl groups excluding tert-OH is 1. The molecule has 2 rings (SSSR count). The SMILES string of the molecule is O[C@@H](C[NH2+]C/C=C/c1ccccc1)c1ccccc1. The fourth-order valence-electron chi connectivity index (χ4n) is 1.93. The first-order valence-corrected chi connectivity index (χ1v) is 6.62. The first-order chi connectivity index (χ1) is 9.36. The van der Waals surface area contributed by atoms with Crippen molar-refractivity contribution in [2.75, 3.05) is 13.1 Å². The number of hydrogen-bond acceptors (Lipinski definition) is 1. The molecule has 0 aliphatic rings. The van der Waals surface area contributed by atoms with Gasteiger partial charge >= 0.3 is 0 Å². The van der Waals surface area contributed by atoms with Crippen LogP contribution in [0.25, 0.3) is 6.08 Å². The van der Waals surface area contributed by atoms with Crippen LogP contribution in [-0.4, -0.2) is 18.2 Å². The Morgan fingerprint density at radius 3 is 2.26 bits per heavy atom. The van der Waals surface area contributed by atoms with Crippen LogP contribution in [0.4, 0.5) is 0 Å². The van der Waals surface area contributed by atoms with Gasteiger partial charge in [0.1, 0.15) is 12.6 Å². The zero-order valence-electron chi connectivity index (χ0n) is 10.9. The van der Waals surface area contributed by atoms with Gasteiger partial charge in [0.15, 0.2) is 0 Å². The van der Waals surface area contributed by atoms with Crippen molar-refractivity contribution in [2.45, 2.75) is 6.10 Å². The van der Waals surface area contributed by atoms with Crippen LogP contribution in [0.5, 0.6) is 0 Å². The van der Waals surface area contributed by atoms with Gasteiger partial charge in [0, 0.05) is 0 Å². The first-order valence-electron chi connectivity index (χ1n) is 6.62. The molecule has 0 heterocycles. The van der Waals surface area contributed by atoms with Crippen LogP contribution in [-0.2, 0) is 0 Å². The molecule has 1 atom stereocenters. The fraction of sp³-hybridized carbons (Fsp3) is 0.176. The van der Waals surface area contributed by atoms with Gasteiger partial charge in [-0.1, -0.05) is 66.7 Å². The number of quaternary nitrogens is 1. The van der Waals surface area contributed by atoms with E-state index in [1.165, 1.54) is 5.56 Å². The molecule has 2 heteroatoms. The lowest BCUT2D eigenvalue weighted by atomic mass is 10.1. The molecule has 0 amide bonds. The van der Waals surface area contributed by atoms with Gasteiger partial charge in [-0.3, -0.25) is 0 Å². The Morgan fingerprint density at radius 2 is 1.58 bits per heavy atom. The maximum absolute atomic E-state index is 9.98. The van der Waals surface area contributed by atoms with Crippen molar-refractivity contribution < 1.29 is 10.4 Å². The molecule has 0 fully saturated rings. The molecule has 2 aromatic rings. The predicted octanol–water partition coefficient (Wildman–Crippen LogP) is 2.00. The Morgan fingerprint density at radius 1 is 0.947 bits per heavy atom. The highest BCUT2D eigenvalue weighted by molar-refractivity contribution is 5.48. The fourth-order valence-corrected chi connectivity index (χ4v) is 1.93. The standard InChI is InChI=1S/C17H19NO/c19-17(16-11-5-2-6-12-16)14-18-13-7-10-15-8-3-1-4-9-15/h1-12,17-19H,13-14H2/p+1/b10-7+/t17-/m0/s1. The van der Waals surface area contributed by atoms with Gasteiger partial charge in [-0.05, 0) is 17.2 Å². The molecule has 0 aliphatic heterocycles. The number of aliphatic hydroxyl groups is 1. The van der Waals surface area contributed by atoms with Gasteiger partial charge < -0.3 is 10.4 Å². The summed E-state index contributed by atoms with van der Waals surface area (Å²) < 4.78 is 0. The van der Waals surface area contributed by atoms with E-state index in [4.69, 9.17) is 0 Å². The van der Waals surface area contributed by atoms with E-state index in [0.29, 0.717) is 6.54 Å². The molecule has 0 unspecified atom stereocenters. The van der Waals surface area contributed by atoms with E-state index in [0.717, 1.165) is 12.1 Å². The normalized spacial score (nSPS) is 12.7. The number of hydrogen-bond donors (Lipinski definition) is 2. The Bertz CT molecular complexity index is 493. The summed E-state index contributed by atoms with van der Waals surface area (Å²) in [6.45, 7) is 1.56. The third-order valence-corrected chi connectivity index (χ3v) is 2.99. The van der Waals surface area contributed by atoms with Gasteiger partial charge in [0.25, 0.3) is 0 Å². The van der Waals surface area contributed by atoms with Crippen molar-refractivity contribution in [3.05, 3.63) is 77.9 Å². The number of rotatable bonds is 6. The van der Waals surface area contributed by atoms with Crippen LogP contribution < -0.4 is 5.32 Å². The van der Waals surface area contributed by atoms with E-state index in [9.17, 15) is 5.11 Å². The van der Waals surface area contributed by atoms with Crippen LogP contribution in [0.15, 0.2) is 66.7 Å². The topological polar surface area (TPSA) is 36.8 Å². The maximum atomic E-state index is 9.98. The minimum absolute atomic E-state index is 0.397. The summed E-state index contributed by atoms with van der Waals surface area (Å²) in [5, 5.41) is 12.1. The lowest BCUT2D eigenvalue weighted by molar-refractivity contribution is -0.653. The van der Waals surface area contributed by atoms with Gasteiger partial charge in [-0.2, -0.15) is 0 Å². The minimum Gasteiger partial charge on any atom is -0.382 e. The molecular weight excluding hydrogens is 234 g/mol. The lowest BCUT2D eigenvalue weighted by Crippen LogP contribution is -2.85. The smallest absolute Gasteiger partial charge is 0.128 e. The maximum Gasteiger partial charge on any atom is 0.128 e. The zero-order valence-corrected chi connectivity index (χ0v) is 10.9. The number of benzene rings is 2. The van der Waals surface area contributed by atoms with Crippen LogP contribution in [0, 0.1) is 0 Å². The van der Waals surface area contributed by atoms with E-state index < -0.39 is 6.10 Å². The minimum atomic E-state index is -0.397. The van der Waals surface area contributed by atoms with Crippen molar-refractivity contribution in [1.82, 2.24) is 0 Å². The van der Waals surface area contributed by atoms with Crippen molar-refractivity contribution in [3.8, 4) is 0 Å². The van der Waals surface area contributed by atoms with Crippen LogP contribution >= 0.6 is 0 Å². The molecule has 0 aliphatic carbocycles. The molecule has 0 radical (unpaired) electrons. The van der Waals surface area contributed by atoms with Gasteiger partial charge in [-0.25, -0.2) is 0 Å². The quantitative estimate of drug-likeness (QED) is 0.760. The molecule has 2 aromatic carbocycles. The van der Waals surface area contributed by atoms with Gasteiger partial charge in [0.05, 0.1) is 6.54 Å². The first kappa shape index (κ1) is 13.5. The second kappa shape index (κ2) is 7.52. The monoisotopic (exact) mass is 254 g/mol. The van der Waals surface area contributed by atoms with E-state index in [-0.39, 0.29) is 0 Å². The van der Waals surface area contributed by atoms with Crippen LogP contribution in [0.1, 0.15) is 17.2 Å². The van der Waals surface area contributed by atoms with Crippen molar-refractivity contribution in [2.24, 2.45) is 0 Å². The molecule has 98 valence electrons. The molecule has 2 nitrogen and oxygen atoms in total. The Labute approximate surface area is 114 Å². The zero-order chi connectivity index (χ0) is 13.3. The summed E-state index contributed by atoms with van der Waals surface area (Å²) in [5.74, 6) is 0. The van der Waals surface area contributed by atoms with Crippen molar-refractivity contribution in [1.29, 1.82) is 0 Å². The molecule has 0 spiro atoms. The molecule has 0 saturated carbocycles. The summed E-state index contributed by atoms with van der Waals surface area (Å²) in [6, 6.07) is 20.0. The molecule has 0 bridgehead atoms. The van der Waals surface area contributed by atoms with Crippen molar-refractivity contribution >= 4 is 6.08 Å². The van der Waals surface area contributed by atoms with Gasteiger partial charge in [0.2, 0.25) is 0 Å². The van der Waals surface area contributed by atoms with Crippen LogP contribution in [0.2, 0.25) is 0 Å². The highest BCUT2D eigenvalue weighted by Gasteiger charge is 2.07. The van der Waals surface area contributed by atoms with E-state index in [1.54, 1.807) is 0 Å². The highest BCUT2D eigenvalue weighted by atomic mass is 16.3. The average molecular weight is 254 g/mol. The lowest BCUT2D eigenvalue weighted by Gasteiger charge is -2.08. The summed E-state index contributed by atoms with van der Waals surface area (Å²) in [4.78, 5) is 0. The van der Waals surface area contributed by atoms with Gasteiger partial charge in [-0.15, -0.1) is 0 Å². The third kappa shape index (κ3) is 4.70. The predicted molar refractivity (Wildman–Crippen MR) is 78.5 cm³/mol. The third-order valence-electron chi connectivity index (χ3n) is 2.99. The molecule has 19 heavy (non-hydrogen) atoms. The molecule has 3 N–H and O–H groups in total. The summed E-state index contributed by atoms with van der Waals surface area (Å²) in [5.41, 5.74) is 2.19. The second-order valence-electron chi connectivity index (χ2n) is 4.50. The van der Waals surface area contributed by atoms with E-state index in [1.807, 2.05) is 48.5 Å². The molecule has 0 aromatic heterocycles. The largest absolute Gasteiger partial charge is 0.382 e. The highest BCUT2D eigenvalue weighted by Crippen LogP contribution is 2.08. The second-order valence-corrected chi connectivity index (χ2v) is 4.50. The van der Waals surface area contributed by atoms with Crippen molar-refractivity contribution in [3.63, 3.8) is 0 Å². The van der Waals surface area contributed by atoms with E-state index >= 15 is 0 Å². The Kier molecular flexibility index (Phi) is 5.35. The summed E-state index contributed by atoms with van der Waals surface area (Å²) >= 11 is 0. The van der Waals surface area contributed by atoms with Crippen LogP contribution in [0.3, 0.4) is 0 Å². The number of nitrogens with two attached hydrogens (primary N) is 1. The summed E-state index contributed by atoms with van der Waals surface area (Å²) in [6.07, 6.45) is 3.82. The summed E-state index contributed by atoms with van der Waals surface area (Å²) in [7, 11) is 0. The molecule has 0 saturated heterocycles. The van der Waals surface area contributed by atoms with E-state index in [2.05, 4.69) is 29.6 Å².